The molecule has 0 saturated heterocycles. The van der Waals surface area contributed by atoms with Gasteiger partial charge in [-0.15, -0.1) is 5.10 Å². The fraction of sp³-hybridized carbons (Fsp3) is 0.364. The molecule has 1 heterocycles. The minimum atomic E-state index is -0.797. The summed E-state index contributed by atoms with van der Waals surface area (Å²) >= 11 is 3.44. The van der Waals surface area contributed by atoms with Crippen molar-refractivity contribution >= 4 is 32.4 Å². The highest BCUT2D eigenvalue weighted by Gasteiger charge is 2.13. The van der Waals surface area contributed by atoms with Crippen LogP contribution in [0.25, 0.3) is 11.4 Å². The molecule has 0 aliphatic heterocycles. The Bertz CT molecular complexity index is 601. The Morgan fingerprint density at radius 3 is 3.00 bits per heavy atom. The molecule has 2 aromatic rings. The van der Waals surface area contributed by atoms with Gasteiger partial charge in [0.05, 0.1) is 4.47 Å². The molecule has 2 rings (SSSR count). The highest BCUT2D eigenvalue weighted by Crippen LogP contribution is 2.30. The molecule has 0 spiro atoms. The van der Waals surface area contributed by atoms with Gasteiger partial charge >= 0.3 is 0 Å². The van der Waals surface area contributed by atoms with Gasteiger partial charge in [0.1, 0.15) is 0 Å². The lowest BCUT2D eigenvalue weighted by Crippen LogP contribution is -2.07. The molecule has 0 bridgehead atoms. The first-order valence-electron chi connectivity index (χ1n) is 5.70. The Kier molecular flexibility index (Phi) is 4.65. The number of anilines is 1. The first-order valence-corrected chi connectivity index (χ1v) is 8.22. The van der Waals surface area contributed by atoms with E-state index < -0.39 is 10.8 Å². The molecule has 0 saturated carbocycles. The maximum Gasteiger partial charge on any atom is 0.183 e. The van der Waals surface area contributed by atoms with Crippen LogP contribution in [0.1, 0.15) is 6.42 Å². The molecule has 102 valence electrons. The Balaban J connectivity index is 2.24. The smallest absolute Gasteiger partial charge is 0.183 e. The second kappa shape index (κ2) is 6.25. The van der Waals surface area contributed by atoms with E-state index in [4.69, 9.17) is 5.73 Å². The average molecular weight is 344 g/mol. The predicted molar refractivity (Wildman–Crippen MR) is 78.9 cm³/mol. The van der Waals surface area contributed by atoms with Crippen LogP contribution in [-0.2, 0) is 17.3 Å². The number of nitrogens with zero attached hydrogens (tertiary/aromatic N) is 4. The van der Waals surface area contributed by atoms with Crippen molar-refractivity contribution in [1.29, 1.82) is 0 Å². The maximum absolute atomic E-state index is 11.1. The van der Waals surface area contributed by atoms with E-state index in [0.717, 1.165) is 16.5 Å². The van der Waals surface area contributed by atoms with Crippen LogP contribution in [0.5, 0.6) is 0 Å². The third kappa shape index (κ3) is 3.38. The fourth-order valence-corrected chi connectivity index (χ4v) is 2.67. The minimum absolute atomic E-state index is 0.628. The molecule has 0 fully saturated rings. The van der Waals surface area contributed by atoms with Crippen molar-refractivity contribution in [3.8, 4) is 11.4 Å². The summed E-state index contributed by atoms with van der Waals surface area (Å²) in [5.41, 5.74) is 7.34. The molecule has 1 aromatic carbocycles. The van der Waals surface area contributed by atoms with Crippen molar-refractivity contribution in [2.24, 2.45) is 0 Å². The van der Waals surface area contributed by atoms with E-state index in [2.05, 4.69) is 31.5 Å². The molecule has 1 aromatic heterocycles. The van der Waals surface area contributed by atoms with Crippen LogP contribution in [0.3, 0.4) is 0 Å². The van der Waals surface area contributed by atoms with Gasteiger partial charge in [-0.2, -0.15) is 0 Å². The van der Waals surface area contributed by atoms with Crippen LogP contribution in [-0.4, -0.2) is 36.4 Å². The number of hydrogen-bond donors (Lipinski definition) is 1. The van der Waals surface area contributed by atoms with Crippen LogP contribution in [0.2, 0.25) is 0 Å². The summed E-state index contributed by atoms with van der Waals surface area (Å²) in [6, 6.07) is 5.57. The van der Waals surface area contributed by atoms with Gasteiger partial charge in [0.15, 0.2) is 5.82 Å². The first kappa shape index (κ1) is 14.1. The maximum atomic E-state index is 11.1. The lowest BCUT2D eigenvalue weighted by molar-refractivity contribution is 0.583. The van der Waals surface area contributed by atoms with Crippen molar-refractivity contribution in [3.63, 3.8) is 0 Å². The van der Waals surface area contributed by atoms with Gasteiger partial charge < -0.3 is 5.73 Å². The first-order chi connectivity index (χ1) is 9.09. The topological polar surface area (TPSA) is 86.7 Å². The SMILES string of the molecule is CS(=O)CCCn1nnnc1-c1cccc(N)c1Br. The van der Waals surface area contributed by atoms with Crippen molar-refractivity contribution < 1.29 is 4.21 Å². The third-order valence-electron chi connectivity index (χ3n) is 2.60. The van der Waals surface area contributed by atoms with Crippen LogP contribution in [0, 0.1) is 0 Å². The van der Waals surface area contributed by atoms with E-state index in [1.54, 1.807) is 10.9 Å². The van der Waals surface area contributed by atoms with Gasteiger partial charge in [0.2, 0.25) is 0 Å². The summed E-state index contributed by atoms with van der Waals surface area (Å²) in [7, 11) is -0.797. The molecule has 8 heteroatoms. The normalized spacial score (nSPS) is 12.5. The van der Waals surface area contributed by atoms with Crippen LogP contribution in [0.15, 0.2) is 22.7 Å². The molecular formula is C11H14BrN5OS. The number of aryl methyl sites for hydroxylation is 1. The Hall–Kier alpha value is -1.28. The molecule has 2 N–H and O–H groups in total. The Morgan fingerprint density at radius 1 is 1.47 bits per heavy atom. The summed E-state index contributed by atoms with van der Waals surface area (Å²) in [4.78, 5) is 0. The molecule has 0 radical (unpaired) electrons. The number of tetrazole rings is 1. The van der Waals surface area contributed by atoms with Crippen molar-refractivity contribution in [3.05, 3.63) is 22.7 Å². The monoisotopic (exact) mass is 343 g/mol. The van der Waals surface area contributed by atoms with Crippen molar-refractivity contribution in [1.82, 2.24) is 20.2 Å². The van der Waals surface area contributed by atoms with Crippen LogP contribution >= 0.6 is 15.9 Å². The summed E-state index contributed by atoms with van der Waals surface area (Å²) in [6.45, 7) is 0.628. The minimum Gasteiger partial charge on any atom is -0.398 e. The van der Waals surface area contributed by atoms with Gasteiger partial charge in [0.25, 0.3) is 0 Å². The molecule has 1 unspecified atom stereocenters. The van der Waals surface area contributed by atoms with Gasteiger partial charge in [0, 0.05) is 40.6 Å². The number of halogens is 1. The number of hydrogen-bond acceptors (Lipinski definition) is 5. The van der Waals surface area contributed by atoms with Gasteiger partial charge in [-0.1, -0.05) is 6.07 Å². The highest BCUT2D eigenvalue weighted by atomic mass is 79.9. The zero-order chi connectivity index (χ0) is 13.8. The molecule has 1 atom stereocenters. The molecule has 0 aliphatic rings. The molecule has 6 nitrogen and oxygen atoms in total. The second-order valence-corrected chi connectivity index (χ2v) is 6.41. The van der Waals surface area contributed by atoms with E-state index in [0.29, 0.717) is 23.8 Å². The Labute approximate surface area is 122 Å². The standard InChI is InChI=1S/C11H14BrN5OS/c1-19(18)7-3-6-17-11(14-15-16-17)8-4-2-5-9(13)10(8)12/h2,4-5H,3,6-7,13H2,1H3. The molecule has 0 aliphatic carbocycles. The third-order valence-corrected chi connectivity index (χ3v) is 4.35. The molecular weight excluding hydrogens is 330 g/mol. The zero-order valence-corrected chi connectivity index (χ0v) is 12.8. The fourth-order valence-electron chi connectivity index (χ4n) is 1.69. The van der Waals surface area contributed by atoms with E-state index in [-0.39, 0.29) is 0 Å². The predicted octanol–water partition coefficient (Wildman–Crippen LogP) is 1.45. The number of nitrogens with two attached hydrogens (primary N) is 1. The second-order valence-electron chi connectivity index (χ2n) is 4.07. The van der Waals surface area contributed by atoms with Crippen molar-refractivity contribution in [2.75, 3.05) is 17.7 Å². The number of benzene rings is 1. The number of rotatable bonds is 5. The number of nitrogen functional groups attached to an aromatic ring is 1. The van der Waals surface area contributed by atoms with E-state index in [9.17, 15) is 4.21 Å². The van der Waals surface area contributed by atoms with Crippen LogP contribution < -0.4 is 5.73 Å². The lowest BCUT2D eigenvalue weighted by atomic mass is 10.2. The van der Waals surface area contributed by atoms with Crippen LogP contribution in [0.4, 0.5) is 5.69 Å². The van der Waals surface area contributed by atoms with Gasteiger partial charge in [-0.25, -0.2) is 4.68 Å². The zero-order valence-electron chi connectivity index (χ0n) is 10.4. The van der Waals surface area contributed by atoms with Gasteiger partial charge in [-0.3, -0.25) is 4.21 Å². The largest absolute Gasteiger partial charge is 0.398 e. The lowest BCUT2D eigenvalue weighted by Gasteiger charge is -2.07. The Morgan fingerprint density at radius 2 is 2.26 bits per heavy atom. The number of aromatic nitrogens is 4. The quantitative estimate of drug-likeness (QED) is 0.830. The van der Waals surface area contributed by atoms with E-state index >= 15 is 0 Å². The summed E-state index contributed by atoms with van der Waals surface area (Å²) < 4.78 is 13.5. The van der Waals surface area contributed by atoms with Gasteiger partial charge in [-0.05, 0) is 44.9 Å². The summed E-state index contributed by atoms with van der Waals surface area (Å²) in [5.74, 6) is 1.29. The van der Waals surface area contributed by atoms with E-state index in [1.165, 1.54) is 0 Å². The van der Waals surface area contributed by atoms with E-state index in [1.807, 2.05) is 18.2 Å². The summed E-state index contributed by atoms with van der Waals surface area (Å²) in [5, 5.41) is 11.7. The van der Waals surface area contributed by atoms with Crippen molar-refractivity contribution in [2.45, 2.75) is 13.0 Å². The summed E-state index contributed by atoms with van der Waals surface area (Å²) in [6.07, 6.45) is 2.45. The highest BCUT2D eigenvalue weighted by molar-refractivity contribution is 9.10. The average Bonchev–Trinajstić information content (AvgIpc) is 2.80. The molecule has 19 heavy (non-hydrogen) atoms. The molecule has 0 amide bonds.